The molecule has 3 aromatic rings. The summed E-state index contributed by atoms with van der Waals surface area (Å²) in [6.07, 6.45) is -2.89. The van der Waals surface area contributed by atoms with Gasteiger partial charge in [-0.25, -0.2) is 0 Å². The second kappa shape index (κ2) is 12.4. The lowest BCUT2D eigenvalue weighted by Gasteiger charge is -2.44. The van der Waals surface area contributed by atoms with Gasteiger partial charge in [-0.05, 0) is 80.3 Å². The molecule has 2 unspecified atom stereocenters. The summed E-state index contributed by atoms with van der Waals surface area (Å²) in [4.78, 5) is 32.3. The van der Waals surface area contributed by atoms with Crippen molar-refractivity contribution in [3.05, 3.63) is 94.9 Å². The fourth-order valence-electron chi connectivity index (χ4n) is 7.40. The number of hydrogen-bond donors (Lipinski definition) is 0. The van der Waals surface area contributed by atoms with E-state index in [0.29, 0.717) is 50.0 Å². The van der Waals surface area contributed by atoms with Crippen LogP contribution in [0.5, 0.6) is 0 Å². The zero-order valence-corrected chi connectivity index (χ0v) is 25.1. The van der Waals surface area contributed by atoms with Gasteiger partial charge in [-0.3, -0.25) is 14.5 Å². The molecule has 2 amide bonds. The highest BCUT2D eigenvalue weighted by atomic mass is 19.4. The number of benzene rings is 2. The van der Waals surface area contributed by atoms with Crippen LogP contribution >= 0.6 is 0 Å². The van der Waals surface area contributed by atoms with Gasteiger partial charge in [-0.2, -0.15) is 26.3 Å². The third-order valence-electron chi connectivity index (χ3n) is 9.96. The van der Waals surface area contributed by atoms with Crippen molar-refractivity contribution in [3.63, 3.8) is 0 Å². The van der Waals surface area contributed by atoms with E-state index in [1.54, 1.807) is 6.07 Å². The van der Waals surface area contributed by atoms with Crippen LogP contribution in [0.25, 0.3) is 0 Å². The SMILES string of the molecule is O=C(c1ccoc1)N1CCC2(CC1)CCN(C1CCN(C(=O)c3cc(C(F)(F)F)cc(C(F)(F)F)c3)C(Cc3ccccc3)C1)C2. The molecule has 2 atom stereocenters. The molecular formula is C34H35F6N3O3. The fraction of sp³-hybridized carbons (Fsp3) is 0.471. The van der Waals surface area contributed by atoms with Gasteiger partial charge in [0.2, 0.25) is 0 Å². The predicted molar refractivity (Wildman–Crippen MR) is 157 cm³/mol. The van der Waals surface area contributed by atoms with Crippen LogP contribution in [-0.4, -0.2) is 71.3 Å². The van der Waals surface area contributed by atoms with Crippen molar-refractivity contribution < 1.29 is 40.3 Å². The van der Waals surface area contributed by atoms with Crippen molar-refractivity contribution >= 4 is 11.8 Å². The molecule has 46 heavy (non-hydrogen) atoms. The largest absolute Gasteiger partial charge is 0.472 e. The molecule has 6 rings (SSSR count). The van der Waals surface area contributed by atoms with Gasteiger partial charge in [-0.15, -0.1) is 0 Å². The summed E-state index contributed by atoms with van der Waals surface area (Å²) in [6, 6.07) is 11.8. The molecule has 3 saturated heterocycles. The van der Waals surface area contributed by atoms with Gasteiger partial charge in [-0.1, -0.05) is 30.3 Å². The van der Waals surface area contributed by atoms with Crippen LogP contribution in [-0.2, 0) is 18.8 Å². The quantitative estimate of drug-likeness (QED) is 0.276. The van der Waals surface area contributed by atoms with Gasteiger partial charge in [0.05, 0.1) is 23.0 Å². The fourth-order valence-corrected chi connectivity index (χ4v) is 7.40. The number of alkyl halides is 6. The Morgan fingerprint density at radius 1 is 0.804 bits per heavy atom. The highest BCUT2D eigenvalue weighted by Crippen LogP contribution is 2.43. The van der Waals surface area contributed by atoms with Gasteiger partial charge in [0.15, 0.2) is 0 Å². The molecule has 0 saturated carbocycles. The number of piperidine rings is 2. The molecular weight excluding hydrogens is 612 g/mol. The number of hydrogen-bond acceptors (Lipinski definition) is 4. The van der Waals surface area contributed by atoms with Crippen molar-refractivity contribution in [1.82, 2.24) is 14.7 Å². The Labute approximate surface area is 262 Å². The molecule has 3 fully saturated rings. The zero-order chi connectivity index (χ0) is 32.7. The van der Waals surface area contributed by atoms with E-state index in [1.807, 2.05) is 35.2 Å². The van der Waals surface area contributed by atoms with E-state index in [0.717, 1.165) is 37.9 Å². The minimum Gasteiger partial charge on any atom is -0.472 e. The van der Waals surface area contributed by atoms with E-state index < -0.39 is 41.0 Å². The first-order valence-electron chi connectivity index (χ1n) is 15.5. The van der Waals surface area contributed by atoms with Gasteiger partial charge in [0.1, 0.15) is 6.26 Å². The summed E-state index contributed by atoms with van der Waals surface area (Å²) in [5.41, 5.74) is -2.08. The Kier molecular flexibility index (Phi) is 8.69. The standard InChI is InChI=1S/C34H35F6N3O3/c35-33(36,37)26-17-25(18-27(19-26)34(38,39)40)31(45)43-11-6-28(20-29(43)16-23-4-2-1-3-5-23)42-14-10-32(22-42)8-12-41(13-9-32)30(44)24-7-15-46-21-24/h1-5,7,15,17-19,21,28-29H,6,8-14,16,20,22H2. The molecule has 0 radical (unpaired) electrons. The molecule has 4 heterocycles. The number of carbonyl (C=O) groups is 2. The van der Waals surface area contributed by atoms with Crippen molar-refractivity contribution in [2.75, 3.05) is 32.7 Å². The second-order valence-corrected chi connectivity index (χ2v) is 12.8. The summed E-state index contributed by atoms with van der Waals surface area (Å²) in [5.74, 6) is -0.870. The average molecular weight is 648 g/mol. The first-order chi connectivity index (χ1) is 21.8. The minimum absolute atomic E-state index is 0.0395. The van der Waals surface area contributed by atoms with Crippen LogP contribution in [0.2, 0.25) is 0 Å². The van der Waals surface area contributed by atoms with Gasteiger partial charge < -0.3 is 14.2 Å². The molecule has 6 nitrogen and oxygen atoms in total. The molecule has 2 aromatic carbocycles. The summed E-state index contributed by atoms with van der Waals surface area (Å²) in [5, 5.41) is 0. The molecule has 0 bridgehead atoms. The van der Waals surface area contributed by atoms with Crippen LogP contribution in [0, 0.1) is 5.41 Å². The summed E-state index contributed by atoms with van der Waals surface area (Å²) < 4.78 is 86.6. The first kappa shape index (κ1) is 32.2. The smallest absolute Gasteiger partial charge is 0.416 e. The zero-order valence-electron chi connectivity index (χ0n) is 25.1. The maximum absolute atomic E-state index is 13.7. The lowest BCUT2D eigenvalue weighted by atomic mass is 9.77. The molecule has 0 N–H and O–H groups in total. The number of nitrogens with zero attached hydrogens (tertiary/aromatic N) is 3. The average Bonchev–Trinajstić information content (AvgIpc) is 3.72. The Balaban J connectivity index is 1.18. The normalized spacial score (nSPS) is 22.4. The van der Waals surface area contributed by atoms with E-state index in [1.165, 1.54) is 17.4 Å². The molecule has 1 spiro atoms. The maximum atomic E-state index is 13.7. The van der Waals surface area contributed by atoms with Gasteiger partial charge in [0.25, 0.3) is 11.8 Å². The van der Waals surface area contributed by atoms with Crippen LogP contribution in [0.4, 0.5) is 26.3 Å². The summed E-state index contributed by atoms with van der Waals surface area (Å²) in [6.45, 7) is 3.22. The molecule has 0 aliphatic carbocycles. The van der Waals surface area contributed by atoms with E-state index in [-0.39, 0.29) is 30.0 Å². The number of rotatable bonds is 5. The highest BCUT2D eigenvalue weighted by molar-refractivity contribution is 5.95. The number of furan rings is 1. The van der Waals surface area contributed by atoms with Gasteiger partial charge in [0, 0.05) is 43.8 Å². The minimum atomic E-state index is -5.04. The number of carbonyl (C=O) groups excluding carboxylic acids is 2. The predicted octanol–water partition coefficient (Wildman–Crippen LogP) is 7.16. The second-order valence-electron chi connectivity index (χ2n) is 12.8. The lowest BCUT2D eigenvalue weighted by Crippen LogP contribution is -2.53. The van der Waals surface area contributed by atoms with Crippen molar-refractivity contribution in [3.8, 4) is 0 Å². The molecule has 3 aliphatic rings. The monoisotopic (exact) mass is 647 g/mol. The maximum Gasteiger partial charge on any atom is 0.416 e. The van der Waals surface area contributed by atoms with Crippen molar-refractivity contribution in [2.45, 2.75) is 63.0 Å². The molecule has 12 heteroatoms. The topological polar surface area (TPSA) is 57.0 Å². The number of halogens is 6. The Morgan fingerprint density at radius 2 is 1.46 bits per heavy atom. The molecule has 3 aliphatic heterocycles. The number of amides is 2. The first-order valence-corrected chi connectivity index (χ1v) is 15.5. The van der Waals surface area contributed by atoms with Crippen LogP contribution in [0.15, 0.2) is 71.5 Å². The Morgan fingerprint density at radius 3 is 2.07 bits per heavy atom. The van der Waals surface area contributed by atoms with E-state index in [4.69, 9.17) is 4.42 Å². The van der Waals surface area contributed by atoms with Crippen molar-refractivity contribution in [2.24, 2.45) is 5.41 Å². The Bertz CT molecular complexity index is 1500. The van der Waals surface area contributed by atoms with E-state index in [2.05, 4.69) is 4.90 Å². The van der Waals surface area contributed by atoms with Crippen LogP contribution in [0.3, 0.4) is 0 Å². The highest BCUT2D eigenvalue weighted by Gasteiger charge is 2.45. The number of likely N-dealkylation sites (tertiary alicyclic amines) is 3. The van der Waals surface area contributed by atoms with E-state index >= 15 is 0 Å². The lowest BCUT2D eigenvalue weighted by molar-refractivity contribution is -0.143. The van der Waals surface area contributed by atoms with E-state index in [9.17, 15) is 35.9 Å². The van der Waals surface area contributed by atoms with Crippen LogP contribution < -0.4 is 0 Å². The molecule has 1 aromatic heterocycles. The molecule has 246 valence electrons. The summed E-state index contributed by atoms with van der Waals surface area (Å²) in [7, 11) is 0. The van der Waals surface area contributed by atoms with Crippen molar-refractivity contribution in [1.29, 1.82) is 0 Å². The summed E-state index contributed by atoms with van der Waals surface area (Å²) >= 11 is 0. The van der Waals surface area contributed by atoms with Gasteiger partial charge >= 0.3 is 12.4 Å². The third kappa shape index (κ3) is 6.82. The Hall–Kier alpha value is -3.80. The van der Waals surface area contributed by atoms with Crippen LogP contribution in [0.1, 0.15) is 69.5 Å². The third-order valence-corrected chi connectivity index (χ3v) is 9.96.